The van der Waals surface area contributed by atoms with Crippen molar-refractivity contribution in [3.8, 4) is 5.75 Å². The van der Waals surface area contributed by atoms with Crippen molar-refractivity contribution >= 4 is 34.8 Å². The van der Waals surface area contributed by atoms with Gasteiger partial charge in [0.2, 0.25) is 5.95 Å². The number of hydrogen-bond donors (Lipinski definition) is 1. The molecular formula is C21H25FN6O2. The maximum absolute atomic E-state index is 14.3. The van der Waals surface area contributed by atoms with E-state index in [9.17, 15) is 9.18 Å². The molecule has 0 fully saturated rings. The monoisotopic (exact) mass is 412 g/mol. The van der Waals surface area contributed by atoms with Crippen LogP contribution in [0.25, 0.3) is 17.2 Å². The van der Waals surface area contributed by atoms with Crippen molar-refractivity contribution < 1.29 is 13.9 Å². The number of nitrogens with zero attached hydrogens (tertiary/aromatic N) is 5. The normalized spacial score (nSPS) is 11.0. The molecule has 0 aliphatic rings. The number of ether oxygens (including phenoxy) is 1. The first-order chi connectivity index (χ1) is 14.3. The van der Waals surface area contributed by atoms with E-state index in [1.807, 2.05) is 19.0 Å². The van der Waals surface area contributed by atoms with Gasteiger partial charge in [-0.2, -0.15) is 4.98 Å². The Bertz CT molecular complexity index is 1080. The number of nitrogens with one attached hydrogen (secondary N) is 1. The lowest BCUT2D eigenvalue weighted by Gasteiger charge is -2.12. The molecule has 3 rings (SSSR count). The van der Waals surface area contributed by atoms with Gasteiger partial charge in [0, 0.05) is 50.2 Å². The van der Waals surface area contributed by atoms with Crippen LogP contribution in [-0.2, 0) is 0 Å². The molecule has 0 spiro atoms. The first kappa shape index (κ1) is 21.3. The van der Waals surface area contributed by atoms with Crippen molar-refractivity contribution in [1.29, 1.82) is 0 Å². The zero-order chi connectivity index (χ0) is 21.8. The average molecular weight is 412 g/mol. The van der Waals surface area contributed by atoms with Crippen molar-refractivity contribution in [1.82, 2.24) is 24.3 Å². The second-order valence-electron chi connectivity index (χ2n) is 7.18. The summed E-state index contributed by atoms with van der Waals surface area (Å²) in [6, 6.07) is 6.29. The van der Waals surface area contributed by atoms with E-state index in [4.69, 9.17) is 4.74 Å². The van der Waals surface area contributed by atoms with Crippen LogP contribution in [0.1, 0.15) is 10.5 Å². The van der Waals surface area contributed by atoms with E-state index in [2.05, 4.69) is 21.9 Å². The van der Waals surface area contributed by atoms with Gasteiger partial charge in [0.15, 0.2) is 11.6 Å². The molecule has 1 N–H and O–H groups in total. The van der Waals surface area contributed by atoms with Crippen LogP contribution in [0.5, 0.6) is 5.75 Å². The number of aromatic nitrogens is 3. The van der Waals surface area contributed by atoms with Crippen molar-refractivity contribution in [2.45, 2.75) is 0 Å². The molecule has 0 radical (unpaired) electrons. The third kappa shape index (κ3) is 4.57. The predicted octanol–water partition coefficient (Wildman–Crippen LogP) is 3.06. The van der Waals surface area contributed by atoms with Gasteiger partial charge in [0.1, 0.15) is 17.9 Å². The number of amides is 1. The second kappa shape index (κ2) is 8.91. The first-order valence-corrected chi connectivity index (χ1v) is 9.36. The number of anilines is 2. The maximum Gasteiger partial charge on any atom is 0.270 e. The molecule has 0 aliphatic heterocycles. The fourth-order valence-corrected chi connectivity index (χ4v) is 2.81. The number of benzene rings is 1. The highest BCUT2D eigenvalue weighted by Crippen LogP contribution is 2.25. The van der Waals surface area contributed by atoms with Gasteiger partial charge in [0.25, 0.3) is 5.91 Å². The molecular weight excluding hydrogens is 387 g/mol. The highest BCUT2D eigenvalue weighted by Gasteiger charge is 2.17. The van der Waals surface area contributed by atoms with E-state index in [0.29, 0.717) is 35.6 Å². The fraction of sp³-hybridized carbons (Fsp3) is 0.286. The zero-order valence-corrected chi connectivity index (χ0v) is 17.5. The molecule has 0 aliphatic carbocycles. The summed E-state index contributed by atoms with van der Waals surface area (Å²) in [5.41, 5.74) is 1.44. The van der Waals surface area contributed by atoms with Crippen LogP contribution < -0.4 is 10.1 Å². The van der Waals surface area contributed by atoms with Crippen LogP contribution >= 0.6 is 0 Å². The lowest BCUT2D eigenvalue weighted by atomic mass is 10.3. The Morgan fingerprint density at radius 3 is 2.70 bits per heavy atom. The minimum atomic E-state index is -0.479. The highest BCUT2D eigenvalue weighted by molar-refractivity contribution is 5.98. The van der Waals surface area contributed by atoms with E-state index in [0.717, 1.165) is 0 Å². The van der Waals surface area contributed by atoms with Crippen molar-refractivity contribution in [3.63, 3.8) is 0 Å². The molecule has 1 aromatic carbocycles. The molecule has 30 heavy (non-hydrogen) atoms. The summed E-state index contributed by atoms with van der Waals surface area (Å²) in [5, 5.41) is 3.68. The third-order valence-electron chi connectivity index (χ3n) is 4.37. The van der Waals surface area contributed by atoms with Gasteiger partial charge in [0.05, 0.1) is 0 Å². The molecule has 158 valence electrons. The van der Waals surface area contributed by atoms with Gasteiger partial charge >= 0.3 is 0 Å². The van der Waals surface area contributed by atoms with Crippen LogP contribution in [0.2, 0.25) is 0 Å². The molecule has 0 saturated carbocycles. The van der Waals surface area contributed by atoms with E-state index in [1.165, 1.54) is 17.2 Å². The topological polar surface area (TPSA) is 75.5 Å². The third-order valence-corrected chi connectivity index (χ3v) is 4.37. The molecule has 9 heteroatoms. The Morgan fingerprint density at radius 2 is 2.07 bits per heavy atom. The molecule has 8 nitrogen and oxygen atoms in total. The quantitative estimate of drug-likeness (QED) is 0.613. The number of fused-ring (bicyclic) bond motifs is 1. The van der Waals surface area contributed by atoms with E-state index in [1.54, 1.807) is 43.1 Å². The second-order valence-corrected chi connectivity index (χ2v) is 7.18. The number of halogens is 1. The van der Waals surface area contributed by atoms with Crippen molar-refractivity contribution in [3.05, 3.63) is 48.6 Å². The lowest BCUT2D eigenvalue weighted by molar-refractivity contribution is 0.0821. The summed E-state index contributed by atoms with van der Waals surface area (Å²) in [6.07, 6.45) is 3.13. The van der Waals surface area contributed by atoms with E-state index in [-0.39, 0.29) is 17.6 Å². The lowest BCUT2D eigenvalue weighted by Crippen LogP contribution is -2.23. The molecule has 0 atom stereocenters. The molecule has 0 unspecified atom stereocenters. The predicted molar refractivity (Wildman–Crippen MR) is 116 cm³/mol. The van der Waals surface area contributed by atoms with Gasteiger partial charge in [-0.25, -0.2) is 9.37 Å². The van der Waals surface area contributed by atoms with Gasteiger partial charge < -0.3 is 19.9 Å². The Hall–Kier alpha value is -3.46. The Morgan fingerprint density at radius 1 is 1.30 bits per heavy atom. The molecule has 0 bridgehead atoms. The number of carbonyl (C=O) groups excluding carboxylic acids is 1. The number of carbonyl (C=O) groups is 1. The first-order valence-electron chi connectivity index (χ1n) is 9.36. The number of likely N-dealkylation sites (N-methyl/N-ethyl adjacent to an activating group) is 1. The van der Waals surface area contributed by atoms with Crippen LogP contribution in [0.4, 0.5) is 16.0 Å². The standard InChI is InChI=1S/C21H25FN6O2/c1-6-28-17(20(29)27(4)5)11-14-13-23-21(25-19(14)28)24-15-7-8-18(16(22)12-15)30-10-9-26(2)3/h6-8,11-13H,1,9-10H2,2-5H3,(H,23,24,25). The number of rotatable bonds is 8. The van der Waals surface area contributed by atoms with Gasteiger partial charge in [-0.3, -0.25) is 9.36 Å². The van der Waals surface area contributed by atoms with E-state index < -0.39 is 5.82 Å². The van der Waals surface area contributed by atoms with Crippen LogP contribution in [0.15, 0.2) is 37.0 Å². The largest absolute Gasteiger partial charge is 0.489 e. The summed E-state index contributed by atoms with van der Waals surface area (Å²) in [7, 11) is 7.19. The average Bonchev–Trinajstić information content (AvgIpc) is 3.06. The number of hydrogen-bond acceptors (Lipinski definition) is 6. The summed E-state index contributed by atoms with van der Waals surface area (Å²) in [5.74, 6) is -0.193. The molecule has 2 aromatic heterocycles. The minimum Gasteiger partial charge on any atom is -0.489 e. The highest BCUT2D eigenvalue weighted by atomic mass is 19.1. The van der Waals surface area contributed by atoms with Crippen molar-refractivity contribution in [2.24, 2.45) is 0 Å². The van der Waals surface area contributed by atoms with Crippen LogP contribution in [0.3, 0.4) is 0 Å². The fourth-order valence-electron chi connectivity index (χ4n) is 2.81. The smallest absolute Gasteiger partial charge is 0.270 e. The van der Waals surface area contributed by atoms with Gasteiger partial charge in [-0.15, -0.1) is 0 Å². The molecule has 2 heterocycles. The Labute approximate surface area is 174 Å². The summed E-state index contributed by atoms with van der Waals surface area (Å²) in [4.78, 5) is 24.5. The molecule has 3 aromatic rings. The zero-order valence-electron chi connectivity index (χ0n) is 17.5. The minimum absolute atomic E-state index is 0.172. The van der Waals surface area contributed by atoms with E-state index >= 15 is 0 Å². The van der Waals surface area contributed by atoms with Crippen LogP contribution in [0, 0.1) is 5.82 Å². The molecule has 0 saturated heterocycles. The Balaban J connectivity index is 1.83. The van der Waals surface area contributed by atoms with Gasteiger partial charge in [-0.05, 0) is 32.3 Å². The van der Waals surface area contributed by atoms with Crippen molar-refractivity contribution in [2.75, 3.05) is 46.7 Å². The van der Waals surface area contributed by atoms with Crippen LogP contribution in [-0.4, -0.2) is 71.6 Å². The summed E-state index contributed by atoms with van der Waals surface area (Å²) in [6.45, 7) is 4.85. The summed E-state index contributed by atoms with van der Waals surface area (Å²) >= 11 is 0. The van der Waals surface area contributed by atoms with Gasteiger partial charge in [-0.1, -0.05) is 6.58 Å². The Kier molecular flexibility index (Phi) is 6.31. The summed E-state index contributed by atoms with van der Waals surface area (Å²) < 4.78 is 21.4. The maximum atomic E-state index is 14.3. The SMILES string of the molecule is C=Cn1c(C(=O)N(C)C)cc2cnc(Nc3ccc(OCCN(C)C)c(F)c3)nc21. The molecule has 1 amide bonds.